The number of ether oxygens (including phenoxy) is 1. The number of aromatic nitrogens is 2. The Labute approximate surface area is 126 Å². The van der Waals surface area contributed by atoms with Gasteiger partial charge in [0.2, 0.25) is 0 Å². The molecule has 1 aromatic carbocycles. The van der Waals surface area contributed by atoms with E-state index in [-0.39, 0.29) is 6.10 Å². The lowest BCUT2D eigenvalue weighted by Crippen LogP contribution is -2.33. The van der Waals surface area contributed by atoms with Crippen LogP contribution in [0.1, 0.15) is 37.2 Å². The second kappa shape index (κ2) is 6.31. The lowest BCUT2D eigenvalue weighted by molar-refractivity contribution is 0.186. The van der Waals surface area contributed by atoms with Crippen molar-refractivity contribution in [2.75, 3.05) is 6.54 Å². The molecule has 2 atom stereocenters. The number of fused-ring (bicyclic) bond motifs is 1. The molecule has 2 heterocycles. The van der Waals surface area contributed by atoms with Crippen LogP contribution in [0, 0.1) is 6.92 Å². The van der Waals surface area contributed by atoms with Gasteiger partial charge in [-0.1, -0.05) is 25.1 Å². The molecule has 0 bridgehead atoms. The van der Waals surface area contributed by atoms with E-state index in [2.05, 4.69) is 41.0 Å². The predicted molar refractivity (Wildman–Crippen MR) is 83.5 cm³/mol. The minimum absolute atomic E-state index is 0.190. The normalized spacial score (nSPS) is 18.5. The van der Waals surface area contributed by atoms with Crippen LogP contribution in [0.5, 0.6) is 5.75 Å². The average Bonchev–Trinajstić information content (AvgIpc) is 3.09. The molecule has 21 heavy (non-hydrogen) atoms. The van der Waals surface area contributed by atoms with Crippen molar-refractivity contribution in [2.45, 2.75) is 45.4 Å². The molecule has 3 rings (SSSR count). The molecule has 2 aromatic rings. The van der Waals surface area contributed by atoms with E-state index in [9.17, 15) is 0 Å². The highest BCUT2D eigenvalue weighted by Gasteiger charge is 2.24. The van der Waals surface area contributed by atoms with Gasteiger partial charge in [0.1, 0.15) is 17.7 Å². The second-order valence-corrected chi connectivity index (χ2v) is 5.64. The highest BCUT2D eigenvalue weighted by Crippen LogP contribution is 2.24. The molecule has 1 aliphatic heterocycles. The summed E-state index contributed by atoms with van der Waals surface area (Å²) in [5, 5.41) is 3.61. The van der Waals surface area contributed by atoms with Crippen molar-refractivity contribution in [3.05, 3.63) is 48.0 Å². The monoisotopic (exact) mass is 285 g/mol. The molecule has 0 radical (unpaired) electrons. The number of rotatable bonds is 6. The van der Waals surface area contributed by atoms with Crippen molar-refractivity contribution >= 4 is 0 Å². The summed E-state index contributed by atoms with van der Waals surface area (Å²) in [5.41, 5.74) is 1.19. The quantitative estimate of drug-likeness (QED) is 0.886. The van der Waals surface area contributed by atoms with Crippen LogP contribution >= 0.6 is 0 Å². The van der Waals surface area contributed by atoms with Gasteiger partial charge < -0.3 is 14.6 Å². The zero-order valence-corrected chi connectivity index (χ0v) is 12.7. The smallest absolute Gasteiger partial charge is 0.125 e. The molecule has 0 fully saturated rings. The van der Waals surface area contributed by atoms with Crippen molar-refractivity contribution in [1.82, 2.24) is 14.9 Å². The van der Waals surface area contributed by atoms with Gasteiger partial charge in [0.25, 0.3) is 0 Å². The first-order chi connectivity index (χ1) is 10.3. The van der Waals surface area contributed by atoms with E-state index < -0.39 is 0 Å². The van der Waals surface area contributed by atoms with E-state index in [0.717, 1.165) is 37.5 Å². The molecule has 112 valence electrons. The van der Waals surface area contributed by atoms with E-state index in [0.29, 0.717) is 6.04 Å². The summed E-state index contributed by atoms with van der Waals surface area (Å²) in [6.45, 7) is 6.16. The Hall–Kier alpha value is -1.81. The third kappa shape index (κ3) is 3.10. The van der Waals surface area contributed by atoms with Gasteiger partial charge in [-0.25, -0.2) is 4.98 Å². The van der Waals surface area contributed by atoms with Crippen LogP contribution in [-0.2, 0) is 6.54 Å². The molecule has 1 aliphatic rings. The lowest BCUT2D eigenvalue weighted by Gasteiger charge is -2.21. The zero-order chi connectivity index (χ0) is 14.7. The molecule has 4 nitrogen and oxygen atoms in total. The van der Waals surface area contributed by atoms with Crippen LogP contribution < -0.4 is 10.1 Å². The highest BCUT2D eigenvalue weighted by molar-refractivity contribution is 5.31. The largest absolute Gasteiger partial charge is 0.489 e. The SMILES string of the molecule is CCC(CNC1CCn2ccnc21)Oc1ccccc1C. The first kappa shape index (κ1) is 14.1. The number of imidazole rings is 1. The third-order valence-corrected chi connectivity index (χ3v) is 4.15. The number of para-hydroxylation sites is 1. The molecule has 0 aliphatic carbocycles. The number of hydrogen-bond donors (Lipinski definition) is 1. The van der Waals surface area contributed by atoms with E-state index in [1.165, 1.54) is 5.56 Å². The minimum atomic E-state index is 0.190. The Balaban J connectivity index is 1.57. The van der Waals surface area contributed by atoms with Crippen molar-refractivity contribution < 1.29 is 4.74 Å². The maximum atomic E-state index is 6.13. The van der Waals surface area contributed by atoms with Crippen molar-refractivity contribution in [3.8, 4) is 5.75 Å². The Morgan fingerprint density at radius 2 is 2.29 bits per heavy atom. The molecule has 0 saturated heterocycles. The summed E-state index contributed by atoms with van der Waals surface area (Å²) < 4.78 is 8.36. The Kier molecular flexibility index (Phi) is 4.25. The fourth-order valence-corrected chi connectivity index (χ4v) is 2.82. The molecule has 1 aromatic heterocycles. The third-order valence-electron chi connectivity index (χ3n) is 4.15. The summed E-state index contributed by atoms with van der Waals surface area (Å²) in [7, 11) is 0. The Morgan fingerprint density at radius 1 is 1.43 bits per heavy atom. The zero-order valence-electron chi connectivity index (χ0n) is 12.7. The number of aryl methyl sites for hydroxylation is 2. The van der Waals surface area contributed by atoms with Crippen LogP contribution in [0.4, 0.5) is 0 Å². The maximum Gasteiger partial charge on any atom is 0.125 e. The number of nitrogens with zero attached hydrogens (tertiary/aromatic N) is 2. The van der Waals surface area contributed by atoms with Gasteiger partial charge in [-0.3, -0.25) is 0 Å². The summed E-state index contributed by atoms with van der Waals surface area (Å²) in [6.07, 6.45) is 6.23. The van der Waals surface area contributed by atoms with Gasteiger partial charge >= 0.3 is 0 Å². The van der Waals surface area contributed by atoms with Gasteiger partial charge in [0.05, 0.1) is 6.04 Å². The van der Waals surface area contributed by atoms with Gasteiger partial charge in [0, 0.05) is 25.5 Å². The first-order valence-electron chi connectivity index (χ1n) is 7.74. The molecule has 1 N–H and O–H groups in total. The number of benzene rings is 1. The molecule has 0 spiro atoms. The van der Waals surface area contributed by atoms with Crippen LogP contribution in [0.2, 0.25) is 0 Å². The van der Waals surface area contributed by atoms with Crippen LogP contribution in [0.3, 0.4) is 0 Å². The number of hydrogen-bond acceptors (Lipinski definition) is 3. The van der Waals surface area contributed by atoms with E-state index >= 15 is 0 Å². The highest BCUT2D eigenvalue weighted by atomic mass is 16.5. The average molecular weight is 285 g/mol. The van der Waals surface area contributed by atoms with Gasteiger partial charge in [0.15, 0.2) is 0 Å². The van der Waals surface area contributed by atoms with Gasteiger partial charge in [-0.05, 0) is 31.4 Å². The second-order valence-electron chi connectivity index (χ2n) is 5.64. The van der Waals surface area contributed by atoms with Crippen LogP contribution in [-0.4, -0.2) is 22.2 Å². The summed E-state index contributed by atoms with van der Waals surface area (Å²) in [5.74, 6) is 2.14. The molecular weight excluding hydrogens is 262 g/mol. The van der Waals surface area contributed by atoms with Crippen molar-refractivity contribution in [2.24, 2.45) is 0 Å². The van der Waals surface area contributed by atoms with Crippen molar-refractivity contribution in [1.29, 1.82) is 0 Å². The molecule has 0 amide bonds. The fourth-order valence-electron chi connectivity index (χ4n) is 2.82. The molecule has 2 unspecified atom stereocenters. The van der Waals surface area contributed by atoms with Crippen LogP contribution in [0.15, 0.2) is 36.7 Å². The van der Waals surface area contributed by atoms with Gasteiger partial charge in [-0.15, -0.1) is 0 Å². The Morgan fingerprint density at radius 3 is 3.10 bits per heavy atom. The predicted octanol–water partition coefficient (Wildman–Crippen LogP) is 3.08. The topological polar surface area (TPSA) is 39.1 Å². The summed E-state index contributed by atoms with van der Waals surface area (Å²) >= 11 is 0. The molecule has 4 heteroatoms. The van der Waals surface area contributed by atoms with Crippen molar-refractivity contribution in [3.63, 3.8) is 0 Å². The summed E-state index contributed by atoms with van der Waals surface area (Å²) in [6, 6.07) is 8.55. The van der Waals surface area contributed by atoms with E-state index in [1.807, 2.05) is 24.4 Å². The maximum absolute atomic E-state index is 6.13. The van der Waals surface area contributed by atoms with E-state index in [1.54, 1.807) is 0 Å². The standard InChI is InChI=1S/C17H23N3O/c1-3-14(21-16-7-5-4-6-13(16)2)12-19-15-8-10-20-11-9-18-17(15)20/h4-7,9,11,14-15,19H,3,8,10,12H2,1-2H3. The molecule has 0 saturated carbocycles. The molecular formula is C17H23N3O. The Bertz CT molecular complexity index is 593. The van der Waals surface area contributed by atoms with Crippen LogP contribution in [0.25, 0.3) is 0 Å². The lowest BCUT2D eigenvalue weighted by atomic mass is 10.2. The number of nitrogens with one attached hydrogen (secondary N) is 1. The van der Waals surface area contributed by atoms with Gasteiger partial charge in [-0.2, -0.15) is 0 Å². The minimum Gasteiger partial charge on any atom is -0.489 e. The van der Waals surface area contributed by atoms with E-state index in [4.69, 9.17) is 4.74 Å². The fraction of sp³-hybridized carbons (Fsp3) is 0.471. The first-order valence-corrected chi connectivity index (χ1v) is 7.74. The summed E-state index contributed by atoms with van der Waals surface area (Å²) in [4.78, 5) is 4.44.